The van der Waals surface area contributed by atoms with Gasteiger partial charge in [0.1, 0.15) is 5.70 Å². The molecule has 4 nitrogen and oxygen atoms in total. The zero-order chi connectivity index (χ0) is 13.9. The van der Waals surface area contributed by atoms with Gasteiger partial charge in [0.25, 0.3) is 5.91 Å². The summed E-state index contributed by atoms with van der Waals surface area (Å²) in [6.45, 7) is 3.07. The van der Waals surface area contributed by atoms with Crippen LogP contribution >= 0.6 is 0 Å². The molecule has 0 atom stereocenters. The first kappa shape index (κ1) is 13.8. The lowest BCUT2D eigenvalue weighted by atomic mass is 10.1. The Hall–Kier alpha value is -2.31. The summed E-state index contributed by atoms with van der Waals surface area (Å²) < 4.78 is 36.7. The number of hydrogen-bond donors (Lipinski definition) is 2. The molecule has 0 aliphatic carbocycles. The van der Waals surface area contributed by atoms with Gasteiger partial charge in [0.2, 0.25) is 0 Å². The number of carboxylic acids is 1. The summed E-state index contributed by atoms with van der Waals surface area (Å²) in [6.07, 6.45) is -4.49. The van der Waals surface area contributed by atoms with Crippen LogP contribution in [-0.2, 0) is 11.0 Å². The van der Waals surface area contributed by atoms with Crippen molar-refractivity contribution >= 4 is 11.9 Å². The van der Waals surface area contributed by atoms with E-state index in [0.717, 1.165) is 24.3 Å². The van der Waals surface area contributed by atoms with Crippen LogP contribution < -0.4 is 5.32 Å². The zero-order valence-electron chi connectivity index (χ0n) is 8.91. The monoisotopic (exact) mass is 259 g/mol. The molecule has 0 radical (unpaired) electrons. The second-order valence-corrected chi connectivity index (χ2v) is 3.31. The van der Waals surface area contributed by atoms with Crippen LogP contribution in [-0.4, -0.2) is 17.0 Å². The molecule has 0 unspecified atom stereocenters. The van der Waals surface area contributed by atoms with Gasteiger partial charge in [-0.05, 0) is 24.3 Å². The van der Waals surface area contributed by atoms with Crippen LogP contribution in [0.1, 0.15) is 15.9 Å². The number of rotatable bonds is 3. The van der Waals surface area contributed by atoms with Crippen molar-refractivity contribution < 1.29 is 27.9 Å². The minimum Gasteiger partial charge on any atom is -0.477 e. The number of halogens is 3. The second kappa shape index (κ2) is 4.91. The Morgan fingerprint density at radius 3 is 2.06 bits per heavy atom. The molecular weight excluding hydrogens is 251 g/mol. The van der Waals surface area contributed by atoms with Gasteiger partial charge in [-0.2, -0.15) is 13.2 Å². The smallest absolute Gasteiger partial charge is 0.416 e. The molecule has 0 heterocycles. The molecule has 96 valence electrons. The number of nitrogens with one attached hydrogen (secondary N) is 1. The van der Waals surface area contributed by atoms with Crippen LogP contribution in [0.15, 0.2) is 36.5 Å². The molecule has 1 rings (SSSR count). The maximum absolute atomic E-state index is 12.2. The van der Waals surface area contributed by atoms with Crippen LogP contribution in [0.5, 0.6) is 0 Å². The normalized spacial score (nSPS) is 10.8. The molecule has 2 N–H and O–H groups in total. The van der Waals surface area contributed by atoms with Crippen LogP contribution in [0.3, 0.4) is 0 Å². The van der Waals surface area contributed by atoms with Crippen molar-refractivity contribution in [3.8, 4) is 0 Å². The summed E-state index contributed by atoms with van der Waals surface area (Å²) in [6, 6.07) is 3.37. The molecule has 0 saturated heterocycles. The Morgan fingerprint density at radius 2 is 1.67 bits per heavy atom. The van der Waals surface area contributed by atoms with E-state index in [-0.39, 0.29) is 5.56 Å². The Balaban J connectivity index is 2.83. The van der Waals surface area contributed by atoms with E-state index in [9.17, 15) is 22.8 Å². The van der Waals surface area contributed by atoms with E-state index in [1.165, 1.54) is 0 Å². The summed E-state index contributed by atoms with van der Waals surface area (Å²) in [4.78, 5) is 21.8. The minimum atomic E-state index is -4.49. The lowest BCUT2D eigenvalue weighted by molar-refractivity contribution is -0.137. The number of carbonyl (C=O) groups is 2. The van der Waals surface area contributed by atoms with Gasteiger partial charge in [0.15, 0.2) is 0 Å². The highest BCUT2D eigenvalue weighted by molar-refractivity contribution is 6.00. The zero-order valence-corrected chi connectivity index (χ0v) is 8.91. The molecule has 1 amide bonds. The first-order valence-corrected chi connectivity index (χ1v) is 4.62. The number of carboxylic acid groups (broad SMARTS) is 1. The standard InChI is InChI=1S/C11H8F3NO3/c1-6(10(17)18)15-9(16)7-2-4-8(5-3-7)11(12,13)14/h2-5H,1H2,(H,15,16)(H,17,18). The predicted molar refractivity (Wildman–Crippen MR) is 55.7 cm³/mol. The number of benzene rings is 1. The highest BCUT2D eigenvalue weighted by Crippen LogP contribution is 2.29. The summed E-state index contributed by atoms with van der Waals surface area (Å²) in [7, 11) is 0. The van der Waals surface area contributed by atoms with Crippen molar-refractivity contribution in [3.05, 3.63) is 47.7 Å². The molecule has 0 bridgehead atoms. The van der Waals surface area contributed by atoms with E-state index in [0.29, 0.717) is 0 Å². The quantitative estimate of drug-likeness (QED) is 0.816. The van der Waals surface area contributed by atoms with E-state index in [1.807, 2.05) is 5.32 Å². The average molecular weight is 259 g/mol. The van der Waals surface area contributed by atoms with Crippen molar-refractivity contribution in [3.63, 3.8) is 0 Å². The number of aliphatic carboxylic acids is 1. The first-order chi connectivity index (χ1) is 8.21. The van der Waals surface area contributed by atoms with Gasteiger partial charge in [-0.3, -0.25) is 4.79 Å². The fraction of sp³-hybridized carbons (Fsp3) is 0.0909. The van der Waals surface area contributed by atoms with Crippen LogP contribution in [0, 0.1) is 0 Å². The van der Waals surface area contributed by atoms with E-state index < -0.39 is 29.3 Å². The summed E-state index contributed by atoms with van der Waals surface area (Å²) in [5, 5.41) is 10.4. The Labute approximate surface area is 99.7 Å². The molecular formula is C11H8F3NO3. The van der Waals surface area contributed by atoms with Gasteiger partial charge >= 0.3 is 12.1 Å². The maximum atomic E-state index is 12.2. The van der Waals surface area contributed by atoms with E-state index in [1.54, 1.807) is 0 Å². The largest absolute Gasteiger partial charge is 0.477 e. The third-order valence-corrected chi connectivity index (χ3v) is 2.00. The van der Waals surface area contributed by atoms with Crippen molar-refractivity contribution in [2.45, 2.75) is 6.18 Å². The van der Waals surface area contributed by atoms with Crippen molar-refractivity contribution in [1.82, 2.24) is 5.32 Å². The summed E-state index contributed by atoms with van der Waals surface area (Å²) >= 11 is 0. The SMILES string of the molecule is C=C(NC(=O)c1ccc(C(F)(F)F)cc1)C(=O)O. The van der Waals surface area contributed by atoms with Crippen molar-refractivity contribution in [1.29, 1.82) is 0 Å². The fourth-order valence-corrected chi connectivity index (χ4v) is 1.07. The highest BCUT2D eigenvalue weighted by Gasteiger charge is 2.30. The number of hydrogen-bond acceptors (Lipinski definition) is 2. The minimum absolute atomic E-state index is 0.0922. The van der Waals surface area contributed by atoms with Gasteiger partial charge in [0, 0.05) is 5.56 Å². The summed E-state index contributed by atoms with van der Waals surface area (Å²) in [5.74, 6) is -2.26. The van der Waals surface area contributed by atoms with Crippen LogP contribution in [0.25, 0.3) is 0 Å². The van der Waals surface area contributed by atoms with E-state index in [2.05, 4.69) is 6.58 Å². The third kappa shape index (κ3) is 3.34. The molecule has 0 spiro atoms. The molecule has 18 heavy (non-hydrogen) atoms. The molecule has 1 aromatic carbocycles. The Morgan fingerprint density at radius 1 is 1.17 bits per heavy atom. The van der Waals surface area contributed by atoms with Crippen LogP contribution in [0.2, 0.25) is 0 Å². The number of carbonyl (C=O) groups excluding carboxylic acids is 1. The molecule has 0 fully saturated rings. The molecule has 1 aromatic rings. The Bertz CT molecular complexity index is 491. The van der Waals surface area contributed by atoms with Gasteiger partial charge < -0.3 is 10.4 Å². The topological polar surface area (TPSA) is 66.4 Å². The van der Waals surface area contributed by atoms with Crippen molar-refractivity contribution in [2.24, 2.45) is 0 Å². The third-order valence-electron chi connectivity index (χ3n) is 2.00. The van der Waals surface area contributed by atoms with E-state index in [4.69, 9.17) is 5.11 Å². The number of alkyl halides is 3. The van der Waals surface area contributed by atoms with E-state index >= 15 is 0 Å². The molecule has 7 heteroatoms. The lowest BCUT2D eigenvalue weighted by Crippen LogP contribution is -2.26. The summed E-state index contributed by atoms with van der Waals surface area (Å²) in [5.41, 5.74) is -1.54. The average Bonchev–Trinajstić information content (AvgIpc) is 2.27. The van der Waals surface area contributed by atoms with Gasteiger partial charge in [-0.15, -0.1) is 0 Å². The van der Waals surface area contributed by atoms with Crippen molar-refractivity contribution in [2.75, 3.05) is 0 Å². The maximum Gasteiger partial charge on any atom is 0.416 e. The molecule has 0 aliphatic heterocycles. The van der Waals surface area contributed by atoms with Gasteiger partial charge in [-0.25, -0.2) is 4.79 Å². The van der Waals surface area contributed by atoms with Gasteiger partial charge in [-0.1, -0.05) is 6.58 Å². The van der Waals surface area contributed by atoms with Gasteiger partial charge in [0.05, 0.1) is 5.56 Å². The Kier molecular flexibility index (Phi) is 3.75. The highest BCUT2D eigenvalue weighted by atomic mass is 19.4. The predicted octanol–water partition coefficient (Wildman–Crippen LogP) is 2.03. The molecule has 0 aliphatic rings. The molecule has 0 saturated carbocycles. The molecule has 0 aromatic heterocycles. The van der Waals surface area contributed by atoms with Crippen LogP contribution in [0.4, 0.5) is 13.2 Å². The first-order valence-electron chi connectivity index (χ1n) is 4.62. The lowest BCUT2D eigenvalue weighted by Gasteiger charge is -2.08. The number of amides is 1. The second-order valence-electron chi connectivity index (χ2n) is 3.31. The fourth-order valence-electron chi connectivity index (χ4n) is 1.07.